The maximum atomic E-state index is 13.3. The van der Waals surface area contributed by atoms with E-state index in [-0.39, 0.29) is 18.5 Å². The van der Waals surface area contributed by atoms with Gasteiger partial charge in [0.1, 0.15) is 0 Å². The first-order valence-corrected chi connectivity index (χ1v) is 10.5. The number of fused-ring (bicyclic) bond motifs is 2. The Morgan fingerprint density at radius 1 is 1.09 bits per heavy atom. The number of nitrogens with zero attached hydrogens (tertiary/aromatic N) is 6. The summed E-state index contributed by atoms with van der Waals surface area (Å²) in [6, 6.07) is 15.7. The molecule has 0 saturated carbocycles. The van der Waals surface area contributed by atoms with Crippen molar-refractivity contribution in [2.45, 2.75) is 33.4 Å². The van der Waals surface area contributed by atoms with Crippen LogP contribution in [-0.2, 0) is 6.54 Å². The van der Waals surface area contributed by atoms with Crippen molar-refractivity contribution in [3.05, 3.63) is 77.9 Å². The minimum Gasteiger partial charge on any atom is -0.345 e. The van der Waals surface area contributed by atoms with Gasteiger partial charge in [-0.25, -0.2) is 9.67 Å². The van der Waals surface area contributed by atoms with Crippen LogP contribution >= 0.6 is 0 Å². The highest BCUT2D eigenvalue weighted by Crippen LogP contribution is 2.26. The molecule has 0 fully saturated rings. The zero-order valence-electron chi connectivity index (χ0n) is 18.1. The highest BCUT2D eigenvalue weighted by molar-refractivity contribution is 6.06. The van der Waals surface area contributed by atoms with Crippen molar-refractivity contribution in [3.63, 3.8) is 0 Å². The molecule has 0 spiro atoms. The van der Waals surface area contributed by atoms with Crippen LogP contribution in [0.25, 0.3) is 27.9 Å². The number of carbonyl (C=O) groups excluding carboxylic acids is 1. The molecular formula is C24H23N7O. The molecule has 8 nitrogen and oxygen atoms in total. The smallest absolute Gasteiger partial charge is 0.252 e. The monoisotopic (exact) mass is 425 g/mol. The van der Waals surface area contributed by atoms with E-state index in [4.69, 9.17) is 4.98 Å². The van der Waals surface area contributed by atoms with Gasteiger partial charge < -0.3 is 5.32 Å². The fourth-order valence-electron chi connectivity index (χ4n) is 3.72. The molecule has 0 bridgehead atoms. The van der Waals surface area contributed by atoms with Gasteiger partial charge in [0.2, 0.25) is 0 Å². The van der Waals surface area contributed by atoms with Crippen molar-refractivity contribution in [1.82, 2.24) is 34.7 Å². The Hall–Kier alpha value is -4.07. The predicted octanol–water partition coefficient (Wildman–Crippen LogP) is 3.96. The highest BCUT2D eigenvalue weighted by atomic mass is 16.1. The summed E-state index contributed by atoms with van der Waals surface area (Å²) in [5.74, 6) is 0.456. The molecule has 0 unspecified atom stereocenters. The molecule has 8 heteroatoms. The SMILES string of the molecule is Cc1ccc(-c2cc(C(=O)NCc3nnc4ccccn34)c3cnn(C(C)C)c3n2)cc1. The third-order valence-corrected chi connectivity index (χ3v) is 5.44. The van der Waals surface area contributed by atoms with Gasteiger partial charge in [-0.3, -0.25) is 9.20 Å². The summed E-state index contributed by atoms with van der Waals surface area (Å²) in [4.78, 5) is 18.1. The van der Waals surface area contributed by atoms with Gasteiger partial charge in [0.15, 0.2) is 17.1 Å². The lowest BCUT2D eigenvalue weighted by molar-refractivity contribution is 0.0951. The number of nitrogens with one attached hydrogen (secondary N) is 1. The molecular weight excluding hydrogens is 402 g/mol. The average molecular weight is 425 g/mol. The maximum absolute atomic E-state index is 13.3. The molecule has 4 aromatic heterocycles. The van der Waals surface area contributed by atoms with Crippen LogP contribution in [0.15, 0.2) is 60.9 Å². The van der Waals surface area contributed by atoms with Crippen LogP contribution in [0.5, 0.6) is 0 Å². The van der Waals surface area contributed by atoms with Crippen molar-refractivity contribution in [2.24, 2.45) is 0 Å². The molecule has 0 aliphatic carbocycles. The summed E-state index contributed by atoms with van der Waals surface area (Å²) in [5, 5.41) is 16.5. The Labute approximate surface area is 184 Å². The van der Waals surface area contributed by atoms with E-state index < -0.39 is 0 Å². The normalized spacial score (nSPS) is 11.5. The van der Waals surface area contributed by atoms with Crippen molar-refractivity contribution in [3.8, 4) is 11.3 Å². The van der Waals surface area contributed by atoms with E-state index in [1.165, 1.54) is 5.56 Å². The quantitative estimate of drug-likeness (QED) is 0.460. The Kier molecular flexibility index (Phi) is 4.89. The molecule has 5 rings (SSSR count). The topological polar surface area (TPSA) is 90.0 Å². The zero-order valence-corrected chi connectivity index (χ0v) is 18.1. The first kappa shape index (κ1) is 19.9. The summed E-state index contributed by atoms with van der Waals surface area (Å²) >= 11 is 0. The molecule has 0 atom stereocenters. The highest BCUT2D eigenvalue weighted by Gasteiger charge is 2.19. The minimum absolute atomic E-state index is 0.117. The molecule has 1 amide bonds. The van der Waals surface area contributed by atoms with Crippen LogP contribution in [-0.4, -0.2) is 35.3 Å². The fraction of sp³-hybridized carbons (Fsp3) is 0.208. The van der Waals surface area contributed by atoms with E-state index in [9.17, 15) is 4.79 Å². The second-order valence-electron chi connectivity index (χ2n) is 8.07. The number of aromatic nitrogens is 6. The predicted molar refractivity (Wildman–Crippen MR) is 122 cm³/mol. The summed E-state index contributed by atoms with van der Waals surface area (Å²) < 4.78 is 3.70. The molecule has 0 aliphatic rings. The van der Waals surface area contributed by atoms with Crippen LogP contribution in [0, 0.1) is 6.92 Å². The number of amides is 1. The third kappa shape index (κ3) is 3.49. The molecule has 0 saturated heterocycles. The molecule has 1 aromatic carbocycles. The molecule has 0 aliphatic heterocycles. The van der Waals surface area contributed by atoms with E-state index in [0.29, 0.717) is 17.0 Å². The van der Waals surface area contributed by atoms with Gasteiger partial charge in [0.05, 0.1) is 29.4 Å². The summed E-state index contributed by atoms with van der Waals surface area (Å²) in [5.41, 5.74) is 4.82. The van der Waals surface area contributed by atoms with E-state index in [2.05, 4.69) is 20.6 Å². The summed E-state index contributed by atoms with van der Waals surface area (Å²) in [7, 11) is 0. The Morgan fingerprint density at radius 3 is 2.69 bits per heavy atom. The molecule has 1 N–H and O–H groups in total. The minimum atomic E-state index is -0.207. The van der Waals surface area contributed by atoms with E-state index >= 15 is 0 Å². The number of hydrogen-bond donors (Lipinski definition) is 1. The number of carbonyl (C=O) groups is 1. The van der Waals surface area contributed by atoms with Gasteiger partial charge in [-0.15, -0.1) is 10.2 Å². The molecule has 4 heterocycles. The number of rotatable bonds is 5. The average Bonchev–Trinajstić information content (AvgIpc) is 3.41. The molecule has 0 radical (unpaired) electrons. The molecule has 5 aromatic rings. The van der Waals surface area contributed by atoms with E-state index in [0.717, 1.165) is 22.3 Å². The van der Waals surface area contributed by atoms with Crippen LogP contribution in [0.4, 0.5) is 0 Å². The van der Waals surface area contributed by atoms with Gasteiger partial charge >= 0.3 is 0 Å². The van der Waals surface area contributed by atoms with Crippen molar-refractivity contribution in [2.75, 3.05) is 0 Å². The lowest BCUT2D eigenvalue weighted by Gasteiger charge is -2.11. The van der Waals surface area contributed by atoms with Gasteiger partial charge in [0, 0.05) is 17.8 Å². The Morgan fingerprint density at radius 2 is 1.91 bits per heavy atom. The number of hydrogen-bond acceptors (Lipinski definition) is 5. The van der Waals surface area contributed by atoms with Crippen LogP contribution in [0.3, 0.4) is 0 Å². The number of benzene rings is 1. The standard InChI is InChI=1S/C24H23N7O/c1-15(2)31-23-19(13-26-31)18(12-20(27-23)17-9-7-16(3)8-10-17)24(32)25-14-22-29-28-21-6-4-5-11-30(21)22/h4-13,15H,14H2,1-3H3,(H,25,32). The van der Waals surface area contributed by atoms with Gasteiger partial charge in [-0.2, -0.15) is 5.10 Å². The number of pyridine rings is 2. The lowest BCUT2D eigenvalue weighted by Crippen LogP contribution is -2.24. The van der Waals surface area contributed by atoms with Crippen LogP contribution in [0.1, 0.15) is 41.6 Å². The molecule has 160 valence electrons. The first-order valence-electron chi connectivity index (χ1n) is 10.5. The van der Waals surface area contributed by atoms with Gasteiger partial charge in [0.25, 0.3) is 5.91 Å². The summed E-state index contributed by atoms with van der Waals surface area (Å²) in [6.07, 6.45) is 3.59. The van der Waals surface area contributed by atoms with Crippen molar-refractivity contribution in [1.29, 1.82) is 0 Å². The van der Waals surface area contributed by atoms with E-state index in [1.807, 2.05) is 84.6 Å². The van der Waals surface area contributed by atoms with Crippen molar-refractivity contribution >= 4 is 22.6 Å². The lowest BCUT2D eigenvalue weighted by atomic mass is 10.1. The second kappa shape index (κ2) is 7.88. The second-order valence-corrected chi connectivity index (χ2v) is 8.07. The zero-order chi connectivity index (χ0) is 22.2. The summed E-state index contributed by atoms with van der Waals surface area (Å²) in [6.45, 7) is 6.39. The van der Waals surface area contributed by atoms with Crippen molar-refractivity contribution < 1.29 is 4.79 Å². The largest absolute Gasteiger partial charge is 0.345 e. The maximum Gasteiger partial charge on any atom is 0.252 e. The first-order chi connectivity index (χ1) is 15.5. The Balaban J connectivity index is 1.54. The molecule has 32 heavy (non-hydrogen) atoms. The van der Waals surface area contributed by atoms with Crippen LogP contribution < -0.4 is 5.32 Å². The van der Waals surface area contributed by atoms with E-state index in [1.54, 1.807) is 6.20 Å². The fourth-order valence-corrected chi connectivity index (χ4v) is 3.72. The third-order valence-electron chi connectivity index (χ3n) is 5.44. The van der Waals surface area contributed by atoms with Gasteiger partial charge in [-0.05, 0) is 39.0 Å². The van der Waals surface area contributed by atoms with Crippen LogP contribution in [0.2, 0.25) is 0 Å². The number of aryl methyl sites for hydroxylation is 1. The Bertz CT molecular complexity index is 1430. The van der Waals surface area contributed by atoms with Gasteiger partial charge in [-0.1, -0.05) is 35.9 Å².